The maximum absolute atomic E-state index is 13.1. The summed E-state index contributed by atoms with van der Waals surface area (Å²) in [5.41, 5.74) is 3.88. The third kappa shape index (κ3) is 6.19. The van der Waals surface area contributed by atoms with E-state index in [0.717, 1.165) is 92.3 Å². The van der Waals surface area contributed by atoms with E-state index in [1.54, 1.807) is 0 Å². The molecule has 5 rings (SSSR count). The lowest BCUT2D eigenvalue weighted by Gasteiger charge is -2.32. The molecule has 2 aliphatic heterocycles. The SMILES string of the molecule is CC(F)(F)COc1nc2c(s1)CCN(CCC1CCC(NC(=O)c3cccc4c3COC4)CC1)C2. The van der Waals surface area contributed by atoms with Gasteiger partial charge in [0, 0.05) is 36.5 Å². The predicted molar refractivity (Wildman–Crippen MR) is 130 cm³/mol. The Labute approximate surface area is 209 Å². The molecule has 190 valence electrons. The summed E-state index contributed by atoms with van der Waals surface area (Å²) >= 11 is 1.40. The minimum atomic E-state index is -2.85. The van der Waals surface area contributed by atoms with Crippen LogP contribution in [0.1, 0.15) is 71.1 Å². The molecule has 1 aliphatic carbocycles. The molecule has 9 heteroatoms. The predicted octanol–water partition coefficient (Wildman–Crippen LogP) is 4.94. The summed E-state index contributed by atoms with van der Waals surface area (Å²) in [5, 5.41) is 3.61. The van der Waals surface area contributed by atoms with Gasteiger partial charge in [-0.3, -0.25) is 9.69 Å². The fraction of sp³-hybridized carbons (Fsp3) is 0.615. The van der Waals surface area contributed by atoms with Crippen LogP contribution in [0.5, 0.6) is 5.19 Å². The van der Waals surface area contributed by atoms with Gasteiger partial charge >= 0.3 is 0 Å². The molecule has 0 bridgehead atoms. The molecule has 1 fully saturated rings. The zero-order chi connectivity index (χ0) is 24.4. The molecule has 1 saturated carbocycles. The van der Waals surface area contributed by atoms with Crippen molar-refractivity contribution in [1.29, 1.82) is 0 Å². The van der Waals surface area contributed by atoms with E-state index in [1.165, 1.54) is 11.3 Å². The minimum Gasteiger partial charge on any atom is -0.464 e. The molecule has 1 aromatic heterocycles. The summed E-state index contributed by atoms with van der Waals surface area (Å²) < 4.78 is 36.8. The van der Waals surface area contributed by atoms with Crippen molar-refractivity contribution in [2.75, 3.05) is 19.7 Å². The summed E-state index contributed by atoms with van der Waals surface area (Å²) in [7, 11) is 0. The van der Waals surface area contributed by atoms with Crippen molar-refractivity contribution in [3.05, 3.63) is 45.5 Å². The number of alkyl halides is 2. The molecule has 0 saturated heterocycles. The second kappa shape index (κ2) is 10.5. The van der Waals surface area contributed by atoms with Crippen molar-refractivity contribution in [3.63, 3.8) is 0 Å². The molecule has 1 amide bonds. The Morgan fingerprint density at radius 1 is 1.29 bits per heavy atom. The Balaban J connectivity index is 1.04. The molecule has 0 atom stereocenters. The van der Waals surface area contributed by atoms with Gasteiger partial charge in [0.15, 0.2) is 6.61 Å². The number of carbonyl (C=O) groups excluding carboxylic acids is 1. The molecule has 3 heterocycles. The van der Waals surface area contributed by atoms with Crippen LogP contribution in [0.25, 0.3) is 0 Å². The molecule has 0 radical (unpaired) electrons. The van der Waals surface area contributed by atoms with Gasteiger partial charge in [0.05, 0.1) is 18.9 Å². The Morgan fingerprint density at radius 3 is 2.91 bits per heavy atom. The first-order valence-corrected chi connectivity index (χ1v) is 13.4. The first-order valence-electron chi connectivity index (χ1n) is 12.5. The molecule has 6 nitrogen and oxygen atoms in total. The van der Waals surface area contributed by atoms with Crippen LogP contribution >= 0.6 is 11.3 Å². The van der Waals surface area contributed by atoms with Crippen molar-refractivity contribution in [2.24, 2.45) is 5.92 Å². The number of amides is 1. The summed E-state index contributed by atoms with van der Waals surface area (Å²) in [4.78, 5) is 20.9. The summed E-state index contributed by atoms with van der Waals surface area (Å²) in [6.07, 6.45) is 6.31. The van der Waals surface area contributed by atoms with E-state index < -0.39 is 12.5 Å². The van der Waals surface area contributed by atoms with Gasteiger partial charge in [-0.1, -0.05) is 23.5 Å². The smallest absolute Gasteiger partial charge is 0.278 e. The summed E-state index contributed by atoms with van der Waals surface area (Å²) in [6, 6.07) is 6.10. The maximum atomic E-state index is 13.1. The monoisotopic (exact) mass is 505 g/mol. The van der Waals surface area contributed by atoms with Crippen LogP contribution in [0, 0.1) is 5.92 Å². The highest BCUT2D eigenvalue weighted by molar-refractivity contribution is 7.13. The number of rotatable bonds is 8. The number of fused-ring (bicyclic) bond motifs is 2. The fourth-order valence-electron chi connectivity index (χ4n) is 5.31. The van der Waals surface area contributed by atoms with E-state index in [1.807, 2.05) is 18.2 Å². The molecule has 0 unspecified atom stereocenters. The van der Waals surface area contributed by atoms with E-state index in [9.17, 15) is 13.6 Å². The van der Waals surface area contributed by atoms with Gasteiger partial charge < -0.3 is 14.8 Å². The number of aromatic nitrogens is 1. The number of ether oxygens (including phenoxy) is 2. The Hall–Kier alpha value is -2.10. The molecule has 1 aromatic carbocycles. The van der Waals surface area contributed by atoms with Crippen molar-refractivity contribution >= 4 is 17.2 Å². The van der Waals surface area contributed by atoms with Crippen LogP contribution in [0.3, 0.4) is 0 Å². The Morgan fingerprint density at radius 2 is 2.11 bits per heavy atom. The average Bonchev–Trinajstić information content (AvgIpc) is 3.48. The van der Waals surface area contributed by atoms with E-state index in [2.05, 4.69) is 15.2 Å². The Bertz CT molecular complexity index is 1050. The van der Waals surface area contributed by atoms with E-state index in [0.29, 0.717) is 24.3 Å². The normalized spacial score (nSPS) is 22.5. The van der Waals surface area contributed by atoms with Crippen LogP contribution in [0.15, 0.2) is 18.2 Å². The molecule has 0 spiro atoms. The first kappa shape index (κ1) is 24.6. The maximum Gasteiger partial charge on any atom is 0.278 e. The third-order valence-electron chi connectivity index (χ3n) is 7.29. The zero-order valence-corrected chi connectivity index (χ0v) is 21.0. The minimum absolute atomic E-state index is 0.0224. The van der Waals surface area contributed by atoms with Gasteiger partial charge in [0.25, 0.3) is 17.0 Å². The van der Waals surface area contributed by atoms with Crippen molar-refractivity contribution in [2.45, 2.75) is 77.2 Å². The molecular formula is C26H33F2N3O3S. The highest BCUT2D eigenvalue weighted by Crippen LogP contribution is 2.32. The topological polar surface area (TPSA) is 63.7 Å². The fourth-order valence-corrected chi connectivity index (χ4v) is 6.22. The molecule has 1 N–H and O–H groups in total. The highest BCUT2D eigenvalue weighted by Gasteiger charge is 2.28. The largest absolute Gasteiger partial charge is 0.464 e. The summed E-state index contributed by atoms with van der Waals surface area (Å²) in [6.45, 7) is 4.08. The number of nitrogens with one attached hydrogen (secondary N) is 1. The van der Waals surface area contributed by atoms with E-state index in [4.69, 9.17) is 9.47 Å². The number of nitrogens with zero attached hydrogens (tertiary/aromatic N) is 2. The summed E-state index contributed by atoms with van der Waals surface area (Å²) in [5.74, 6) is -2.16. The quantitative estimate of drug-likeness (QED) is 0.550. The standard InChI is InChI=1S/C26H33F2N3O3S/c1-26(27,28)16-34-25-30-22-13-31(12-10-23(22)35-25)11-9-17-5-7-19(8-6-17)29-24(32)20-4-2-3-18-14-33-15-21(18)20/h2-4,17,19H,5-16H2,1H3,(H,29,32). The van der Waals surface area contributed by atoms with Gasteiger partial charge in [-0.25, -0.2) is 13.8 Å². The van der Waals surface area contributed by atoms with E-state index in [-0.39, 0.29) is 11.9 Å². The number of halogens is 2. The van der Waals surface area contributed by atoms with Gasteiger partial charge in [-0.15, -0.1) is 0 Å². The molecule has 2 aromatic rings. The second-order valence-electron chi connectivity index (χ2n) is 10.2. The number of hydrogen-bond donors (Lipinski definition) is 1. The van der Waals surface area contributed by atoms with Crippen LogP contribution in [-0.2, 0) is 30.9 Å². The van der Waals surface area contributed by atoms with Crippen LogP contribution in [0.2, 0.25) is 0 Å². The van der Waals surface area contributed by atoms with Crippen molar-refractivity contribution in [3.8, 4) is 5.19 Å². The average molecular weight is 506 g/mol. The third-order valence-corrected chi connectivity index (χ3v) is 8.36. The van der Waals surface area contributed by atoms with E-state index >= 15 is 0 Å². The molecule has 3 aliphatic rings. The molecular weight excluding hydrogens is 472 g/mol. The second-order valence-corrected chi connectivity index (χ2v) is 11.2. The zero-order valence-electron chi connectivity index (χ0n) is 20.2. The first-order chi connectivity index (χ1) is 16.8. The van der Waals surface area contributed by atoms with Crippen molar-refractivity contribution < 1.29 is 23.0 Å². The number of thiazole rings is 1. The Kier molecular flexibility index (Phi) is 7.37. The number of carbonyl (C=O) groups is 1. The van der Waals surface area contributed by atoms with Crippen LogP contribution in [0.4, 0.5) is 8.78 Å². The van der Waals surface area contributed by atoms with Gasteiger partial charge in [-0.05, 0) is 68.2 Å². The highest BCUT2D eigenvalue weighted by atomic mass is 32.1. The van der Waals surface area contributed by atoms with Crippen molar-refractivity contribution in [1.82, 2.24) is 15.2 Å². The van der Waals surface area contributed by atoms with Gasteiger partial charge in [0.2, 0.25) is 0 Å². The lowest BCUT2D eigenvalue weighted by molar-refractivity contribution is -0.0230. The lowest BCUT2D eigenvalue weighted by Crippen LogP contribution is -2.38. The lowest BCUT2D eigenvalue weighted by atomic mass is 9.83. The van der Waals surface area contributed by atoms with Crippen LogP contribution in [-0.4, -0.2) is 47.5 Å². The number of benzene rings is 1. The van der Waals surface area contributed by atoms with Gasteiger partial charge in [-0.2, -0.15) is 0 Å². The molecule has 35 heavy (non-hydrogen) atoms. The van der Waals surface area contributed by atoms with Crippen LogP contribution < -0.4 is 10.1 Å². The van der Waals surface area contributed by atoms with Gasteiger partial charge in [0.1, 0.15) is 0 Å². The number of hydrogen-bond acceptors (Lipinski definition) is 6.